The van der Waals surface area contributed by atoms with Gasteiger partial charge in [0.1, 0.15) is 0 Å². The van der Waals surface area contributed by atoms with Gasteiger partial charge < -0.3 is 4.74 Å². The molecule has 2 aromatic rings. The number of aryl methyl sites for hydroxylation is 1. The molecular formula is C17H19FN2O5S. The van der Waals surface area contributed by atoms with Gasteiger partial charge in [-0.25, -0.2) is 12.8 Å². The molecule has 26 heavy (non-hydrogen) atoms. The largest absolute Gasteiger partial charge is 0.494 e. The van der Waals surface area contributed by atoms with Gasteiger partial charge in [0.05, 0.1) is 16.9 Å². The van der Waals surface area contributed by atoms with Gasteiger partial charge in [0.2, 0.25) is 10.0 Å². The molecule has 140 valence electrons. The molecule has 0 saturated carbocycles. The number of sulfonamides is 1. The van der Waals surface area contributed by atoms with Crippen LogP contribution in [0.4, 0.5) is 10.1 Å². The van der Waals surface area contributed by atoms with Crippen LogP contribution < -0.4 is 4.74 Å². The van der Waals surface area contributed by atoms with Crippen molar-refractivity contribution < 1.29 is 22.5 Å². The zero-order chi connectivity index (χ0) is 19.5. The summed E-state index contributed by atoms with van der Waals surface area (Å²) in [6.07, 6.45) is 0. The Hall–Kier alpha value is -2.52. The van der Waals surface area contributed by atoms with Crippen LogP contribution in [0.5, 0.6) is 5.75 Å². The van der Waals surface area contributed by atoms with Crippen molar-refractivity contribution in [3.63, 3.8) is 0 Å². The number of rotatable bonds is 7. The lowest BCUT2D eigenvalue weighted by atomic mass is 10.2. The van der Waals surface area contributed by atoms with Crippen LogP contribution in [0, 0.1) is 22.9 Å². The van der Waals surface area contributed by atoms with Crippen LogP contribution in [0.1, 0.15) is 18.1 Å². The van der Waals surface area contributed by atoms with Crippen LogP contribution in [0.25, 0.3) is 0 Å². The maximum atomic E-state index is 13.8. The molecule has 0 amide bonds. The molecule has 0 fully saturated rings. The third kappa shape index (κ3) is 4.00. The molecule has 0 bridgehead atoms. The van der Waals surface area contributed by atoms with Gasteiger partial charge in [0, 0.05) is 24.7 Å². The van der Waals surface area contributed by atoms with Crippen molar-refractivity contribution in [1.82, 2.24) is 4.31 Å². The molecule has 0 atom stereocenters. The normalized spacial score (nSPS) is 11.6. The van der Waals surface area contributed by atoms with E-state index in [1.165, 1.54) is 38.3 Å². The molecule has 9 heteroatoms. The first-order valence-corrected chi connectivity index (χ1v) is 9.22. The highest BCUT2D eigenvalue weighted by molar-refractivity contribution is 7.89. The SMILES string of the molecule is CCN(Cc1ccc(OC)c(F)c1)S(=O)(=O)c1ccc(C)c([N+](=O)[O-])c1. The molecule has 0 saturated heterocycles. The molecule has 0 aliphatic rings. The van der Waals surface area contributed by atoms with E-state index < -0.39 is 20.8 Å². The van der Waals surface area contributed by atoms with E-state index in [4.69, 9.17) is 4.74 Å². The summed E-state index contributed by atoms with van der Waals surface area (Å²) in [5, 5.41) is 11.1. The molecule has 0 radical (unpaired) electrons. The Kier molecular flexibility index (Phi) is 5.94. The van der Waals surface area contributed by atoms with Crippen LogP contribution in [0.2, 0.25) is 0 Å². The van der Waals surface area contributed by atoms with E-state index in [0.717, 1.165) is 10.4 Å². The van der Waals surface area contributed by atoms with E-state index in [2.05, 4.69) is 0 Å². The topological polar surface area (TPSA) is 89.8 Å². The Balaban J connectivity index is 2.38. The molecule has 0 unspecified atom stereocenters. The first-order chi connectivity index (χ1) is 12.2. The van der Waals surface area contributed by atoms with Gasteiger partial charge in [-0.15, -0.1) is 0 Å². The Morgan fingerprint density at radius 1 is 1.23 bits per heavy atom. The van der Waals surface area contributed by atoms with Gasteiger partial charge >= 0.3 is 0 Å². The number of methoxy groups -OCH3 is 1. The monoisotopic (exact) mass is 382 g/mol. The Bertz CT molecular complexity index is 931. The second-order valence-electron chi connectivity index (χ2n) is 5.61. The number of nitro groups is 1. The van der Waals surface area contributed by atoms with Crippen molar-refractivity contribution >= 4 is 15.7 Å². The summed E-state index contributed by atoms with van der Waals surface area (Å²) in [5.74, 6) is -0.529. The van der Waals surface area contributed by atoms with Crippen LogP contribution in [-0.2, 0) is 16.6 Å². The second kappa shape index (κ2) is 7.79. The predicted molar refractivity (Wildman–Crippen MR) is 94.1 cm³/mol. The predicted octanol–water partition coefficient (Wildman–Crippen LogP) is 3.26. The van der Waals surface area contributed by atoms with E-state index in [1.807, 2.05) is 0 Å². The second-order valence-corrected chi connectivity index (χ2v) is 7.54. The molecule has 0 spiro atoms. The van der Waals surface area contributed by atoms with Crippen LogP contribution >= 0.6 is 0 Å². The molecule has 0 aromatic heterocycles. The number of hydrogen-bond donors (Lipinski definition) is 0. The van der Waals surface area contributed by atoms with Crippen molar-refractivity contribution in [1.29, 1.82) is 0 Å². The standard InChI is InChI=1S/C17H19FN2O5S/c1-4-19(11-13-6-8-17(25-3)15(18)9-13)26(23,24)14-7-5-12(2)16(10-14)20(21)22/h5-10H,4,11H2,1-3H3. The molecular weight excluding hydrogens is 363 g/mol. The van der Waals surface area contributed by atoms with Gasteiger partial charge in [-0.1, -0.05) is 19.1 Å². The smallest absolute Gasteiger partial charge is 0.273 e. The highest BCUT2D eigenvalue weighted by Crippen LogP contribution is 2.26. The quantitative estimate of drug-likeness (QED) is 0.542. The molecule has 0 aliphatic heterocycles. The van der Waals surface area contributed by atoms with E-state index in [9.17, 15) is 22.9 Å². The summed E-state index contributed by atoms with van der Waals surface area (Å²) in [4.78, 5) is 10.3. The van der Waals surface area contributed by atoms with Crippen LogP contribution in [0.3, 0.4) is 0 Å². The average Bonchev–Trinajstić information content (AvgIpc) is 2.59. The lowest BCUT2D eigenvalue weighted by Gasteiger charge is -2.21. The minimum atomic E-state index is -3.98. The van der Waals surface area contributed by atoms with E-state index in [-0.39, 0.29) is 29.4 Å². The van der Waals surface area contributed by atoms with Crippen molar-refractivity contribution in [3.8, 4) is 5.75 Å². The number of nitro benzene ring substituents is 1. The van der Waals surface area contributed by atoms with Gasteiger partial charge in [-0.3, -0.25) is 10.1 Å². The summed E-state index contributed by atoms with van der Waals surface area (Å²) in [6, 6.07) is 7.96. The molecule has 0 aliphatic carbocycles. The molecule has 2 rings (SSSR count). The van der Waals surface area contributed by atoms with Crippen LogP contribution in [-0.4, -0.2) is 31.3 Å². The number of halogens is 1. The summed E-state index contributed by atoms with van der Waals surface area (Å²) in [5.41, 5.74) is 0.544. The van der Waals surface area contributed by atoms with E-state index >= 15 is 0 Å². The zero-order valence-corrected chi connectivity index (χ0v) is 15.4. The van der Waals surface area contributed by atoms with Crippen molar-refractivity contribution in [2.24, 2.45) is 0 Å². The van der Waals surface area contributed by atoms with Crippen molar-refractivity contribution in [2.75, 3.05) is 13.7 Å². The Morgan fingerprint density at radius 3 is 2.46 bits per heavy atom. The number of ether oxygens (including phenoxy) is 1. The highest BCUT2D eigenvalue weighted by Gasteiger charge is 2.26. The molecule has 7 nitrogen and oxygen atoms in total. The van der Waals surface area contributed by atoms with E-state index in [0.29, 0.717) is 11.1 Å². The number of benzene rings is 2. The summed E-state index contributed by atoms with van der Waals surface area (Å²) >= 11 is 0. The fraction of sp³-hybridized carbons (Fsp3) is 0.294. The van der Waals surface area contributed by atoms with Gasteiger partial charge in [-0.2, -0.15) is 4.31 Å². The summed E-state index contributed by atoms with van der Waals surface area (Å²) in [7, 11) is -2.64. The van der Waals surface area contributed by atoms with Crippen molar-refractivity contribution in [3.05, 3.63) is 63.5 Å². The van der Waals surface area contributed by atoms with Crippen LogP contribution in [0.15, 0.2) is 41.3 Å². The van der Waals surface area contributed by atoms with Gasteiger partial charge in [0.15, 0.2) is 11.6 Å². The molecule has 0 N–H and O–H groups in total. The highest BCUT2D eigenvalue weighted by atomic mass is 32.2. The maximum absolute atomic E-state index is 13.8. The third-order valence-corrected chi connectivity index (χ3v) is 5.86. The first-order valence-electron chi connectivity index (χ1n) is 7.78. The Morgan fingerprint density at radius 2 is 1.92 bits per heavy atom. The summed E-state index contributed by atoms with van der Waals surface area (Å²) < 4.78 is 45.5. The molecule has 0 heterocycles. The third-order valence-electron chi connectivity index (χ3n) is 3.94. The lowest BCUT2D eigenvalue weighted by molar-refractivity contribution is -0.385. The summed E-state index contributed by atoms with van der Waals surface area (Å²) in [6.45, 7) is 3.23. The zero-order valence-electron chi connectivity index (χ0n) is 14.6. The lowest BCUT2D eigenvalue weighted by Crippen LogP contribution is -2.30. The Labute approximate surface area is 151 Å². The minimum Gasteiger partial charge on any atom is -0.494 e. The maximum Gasteiger partial charge on any atom is 0.273 e. The first kappa shape index (κ1) is 19.8. The van der Waals surface area contributed by atoms with E-state index in [1.54, 1.807) is 13.0 Å². The van der Waals surface area contributed by atoms with Gasteiger partial charge in [0.25, 0.3) is 5.69 Å². The minimum absolute atomic E-state index is 0.0637. The fourth-order valence-corrected chi connectivity index (χ4v) is 3.93. The van der Waals surface area contributed by atoms with Crippen molar-refractivity contribution in [2.45, 2.75) is 25.3 Å². The fourth-order valence-electron chi connectivity index (χ4n) is 2.47. The average molecular weight is 382 g/mol. The number of nitrogens with zero attached hydrogens (tertiary/aromatic N) is 2. The molecule has 2 aromatic carbocycles. The van der Waals surface area contributed by atoms with Gasteiger partial charge in [-0.05, 0) is 30.7 Å². The number of hydrogen-bond acceptors (Lipinski definition) is 5.